The van der Waals surface area contributed by atoms with Crippen LogP contribution in [0.15, 0.2) is 60.8 Å². The number of hydrogen-bond acceptors (Lipinski definition) is 17. The van der Waals surface area contributed by atoms with Gasteiger partial charge in [-0.15, -0.1) is 0 Å². The maximum atomic E-state index is 14.1. The number of esters is 2. The quantitative estimate of drug-likeness (QED) is 0.0262. The average molecular weight is 1130 g/mol. The van der Waals surface area contributed by atoms with E-state index in [4.69, 9.17) is 54.8 Å². The summed E-state index contributed by atoms with van der Waals surface area (Å²) < 4.78 is 43.8. The van der Waals surface area contributed by atoms with Gasteiger partial charge in [0.25, 0.3) is 5.91 Å². The lowest BCUT2D eigenvalue weighted by atomic mass is 10.1. The van der Waals surface area contributed by atoms with Crippen molar-refractivity contribution in [1.82, 2.24) is 53.4 Å². The number of nitrogens with two attached hydrogens (primary N) is 2. The third kappa shape index (κ3) is 13.9. The largest absolute Gasteiger partial charge is 0.491 e. The first-order valence-electron chi connectivity index (χ1n) is 27.1. The highest BCUT2D eigenvalue weighted by molar-refractivity contribution is 6.12. The van der Waals surface area contributed by atoms with Gasteiger partial charge in [0.1, 0.15) is 52.0 Å². The lowest BCUT2D eigenvalue weighted by Crippen LogP contribution is -2.24. The van der Waals surface area contributed by atoms with Crippen molar-refractivity contribution in [2.45, 2.75) is 113 Å². The van der Waals surface area contributed by atoms with Gasteiger partial charge in [0, 0.05) is 67.2 Å². The second-order valence-corrected chi connectivity index (χ2v) is 20.2. The zero-order valence-electron chi connectivity index (χ0n) is 47.7. The second-order valence-electron chi connectivity index (χ2n) is 20.2. The number of hydrogen-bond donors (Lipinski definition) is 3. The molecule has 0 aliphatic rings. The molecule has 434 valence electrons. The van der Waals surface area contributed by atoms with E-state index in [9.17, 15) is 24.0 Å². The molecule has 82 heavy (non-hydrogen) atoms. The Morgan fingerprint density at radius 3 is 1.89 bits per heavy atom. The molecule has 3 amide bonds. The molecular formula is C57H70N14O11. The molecule has 0 unspecified atom stereocenters. The summed E-state index contributed by atoms with van der Waals surface area (Å²) >= 11 is 0. The number of imidazole rings is 1. The Labute approximate surface area is 472 Å². The molecule has 6 heterocycles. The van der Waals surface area contributed by atoms with E-state index in [0.29, 0.717) is 92.6 Å². The lowest BCUT2D eigenvalue weighted by molar-refractivity contribution is -0.156. The Hall–Kier alpha value is -8.97. The van der Waals surface area contributed by atoms with Gasteiger partial charge in [0.15, 0.2) is 5.82 Å². The van der Waals surface area contributed by atoms with E-state index in [1.165, 1.54) is 12.1 Å². The summed E-state index contributed by atoms with van der Waals surface area (Å²) in [5.74, 6) is -1.60. The van der Waals surface area contributed by atoms with E-state index in [1.54, 1.807) is 79.0 Å². The van der Waals surface area contributed by atoms with E-state index in [1.807, 2.05) is 55.2 Å². The Morgan fingerprint density at radius 2 is 1.22 bits per heavy atom. The van der Waals surface area contributed by atoms with Crippen molar-refractivity contribution >= 4 is 68.6 Å². The summed E-state index contributed by atoms with van der Waals surface area (Å²) in [5.41, 5.74) is 16.9. The number of aryl methyl sites for hydroxylation is 6. The topological polar surface area (TPSA) is 307 Å². The van der Waals surface area contributed by atoms with Crippen LogP contribution >= 0.6 is 0 Å². The van der Waals surface area contributed by atoms with Crippen LogP contribution < -0.4 is 26.3 Å². The molecule has 8 rings (SSSR count). The highest BCUT2D eigenvalue weighted by Crippen LogP contribution is 2.37. The standard InChI is InChI=1S/C57H70N14O11/c1-10-69-42(26-34(4)64-69)52-60-33-40-39-29-37(50(58)73)31-45(80-25-24-78-23-22-77-21-16-47(72)82-57(7,8)9)48(39)67(53(40)62-52)17-13-14-18-68-49-41(61-56(68)63-54(75)43-27-35(5)65-70(43)11-2)30-38(51(59)74)32-46(49)79-19-15-20-81-55(76)44-28-36(6)66-71(44)12-3/h13-14,26-33H,10-12,15-25H2,1-9H3,(H2,58,73)(H2,59,74)(H,61,63,75)/b14-13+. The number of fused-ring (bicyclic) bond motifs is 4. The number of primary amides is 2. The maximum absolute atomic E-state index is 14.1. The number of allylic oxidation sites excluding steroid dienone is 2. The predicted octanol–water partition coefficient (Wildman–Crippen LogP) is 6.65. The number of amides is 3. The van der Waals surface area contributed by atoms with E-state index in [2.05, 4.69) is 20.6 Å². The van der Waals surface area contributed by atoms with Crippen molar-refractivity contribution in [2.24, 2.45) is 11.5 Å². The van der Waals surface area contributed by atoms with Crippen molar-refractivity contribution < 1.29 is 52.4 Å². The first kappa shape index (κ1) is 59.2. The second kappa shape index (κ2) is 26.1. The molecule has 0 saturated heterocycles. The molecule has 8 aromatic rings. The fourth-order valence-electron chi connectivity index (χ4n) is 9.25. The van der Waals surface area contributed by atoms with E-state index in [-0.39, 0.29) is 101 Å². The number of carbonyl (C=O) groups excluding carboxylic acids is 5. The zero-order chi connectivity index (χ0) is 58.8. The van der Waals surface area contributed by atoms with Gasteiger partial charge < -0.3 is 49.0 Å². The van der Waals surface area contributed by atoms with Crippen LogP contribution in [0.5, 0.6) is 11.5 Å². The summed E-state index contributed by atoms with van der Waals surface area (Å²) in [4.78, 5) is 79.5. The molecule has 5 N–H and O–H groups in total. The molecule has 6 aromatic heterocycles. The highest BCUT2D eigenvalue weighted by atomic mass is 16.6. The molecule has 0 bridgehead atoms. The summed E-state index contributed by atoms with van der Waals surface area (Å²) in [6.45, 7) is 19.4. The fraction of sp³-hybridized carbons (Fsp3) is 0.421. The molecule has 0 spiro atoms. The monoisotopic (exact) mass is 1130 g/mol. The number of anilines is 1. The Kier molecular flexibility index (Phi) is 18.8. The Balaban J connectivity index is 1.11. The minimum absolute atomic E-state index is 0.0238. The van der Waals surface area contributed by atoms with Crippen LogP contribution in [0.3, 0.4) is 0 Å². The number of carbonyl (C=O) groups is 5. The third-order valence-corrected chi connectivity index (χ3v) is 12.8. The Morgan fingerprint density at radius 1 is 0.634 bits per heavy atom. The molecular weight excluding hydrogens is 1060 g/mol. The summed E-state index contributed by atoms with van der Waals surface area (Å²) in [6, 6.07) is 11.6. The van der Waals surface area contributed by atoms with Crippen molar-refractivity contribution in [3.8, 4) is 23.0 Å². The number of benzene rings is 2. The Bertz CT molecular complexity index is 3690. The van der Waals surface area contributed by atoms with Crippen LogP contribution in [-0.4, -0.2) is 135 Å². The molecule has 0 aliphatic carbocycles. The third-order valence-electron chi connectivity index (χ3n) is 12.8. The number of nitrogens with one attached hydrogen (secondary N) is 1. The van der Waals surface area contributed by atoms with Crippen molar-refractivity contribution in [2.75, 3.05) is 51.6 Å². The van der Waals surface area contributed by atoms with Crippen LogP contribution in [0.2, 0.25) is 0 Å². The average Bonchev–Trinajstić information content (AvgIpc) is 4.32. The first-order valence-corrected chi connectivity index (χ1v) is 27.1. The fourth-order valence-corrected chi connectivity index (χ4v) is 9.25. The van der Waals surface area contributed by atoms with E-state index in [0.717, 1.165) is 5.69 Å². The zero-order valence-corrected chi connectivity index (χ0v) is 47.7. The van der Waals surface area contributed by atoms with Gasteiger partial charge in [-0.25, -0.2) is 19.7 Å². The summed E-state index contributed by atoms with van der Waals surface area (Å²) in [6.07, 6.45) is 5.88. The normalized spacial score (nSPS) is 11.8. The van der Waals surface area contributed by atoms with Crippen molar-refractivity contribution in [3.05, 3.63) is 100 Å². The van der Waals surface area contributed by atoms with Gasteiger partial charge in [-0.1, -0.05) is 12.2 Å². The van der Waals surface area contributed by atoms with Gasteiger partial charge in [0.05, 0.1) is 74.2 Å². The van der Waals surface area contributed by atoms with Crippen LogP contribution in [0, 0.1) is 20.8 Å². The molecule has 0 atom stereocenters. The SMILES string of the molecule is CCn1nc(C)cc1C(=O)Nc1nc2cc(C(N)=O)cc(OCCCOC(=O)c3cc(C)nn3CC)c2n1C/C=C/Cn1c2nc(-c3cc(C)nn3CC)ncc2c2cc(C(N)=O)cc(OCCOCCOCCC(=O)OC(C)(C)C)c21. The maximum Gasteiger partial charge on any atom is 0.356 e. The van der Waals surface area contributed by atoms with Crippen LogP contribution in [0.4, 0.5) is 5.95 Å². The molecule has 25 nitrogen and oxygen atoms in total. The van der Waals surface area contributed by atoms with Gasteiger partial charge >= 0.3 is 11.9 Å². The van der Waals surface area contributed by atoms with Crippen LogP contribution in [-0.2, 0) is 56.5 Å². The van der Waals surface area contributed by atoms with Gasteiger partial charge in [0.2, 0.25) is 17.8 Å². The summed E-state index contributed by atoms with van der Waals surface area (Å²) in [5, 5.41) is 17.6. The molecule has 25 heteroatoms. The smallest absolute Gasteiger partial charge is 0.356 e. The molecule has 0 saturated carbocycles. The van der Waals surface area contributed by atoms with E-state index >= 15 is 0 Å². The minimum Gasteiger partial charge on any atom is -0.491 e. The molecule has 0 aliphatic heterocycles. The van der Waals surface area contributed by atoms with Gasteiger partial charge in [-0.2, -0.15) is 15.3 Å². The van der Waals surface area contributed by atoms with E-state index < -0.39 is 29.3 Å². The molecule has 0 fully saturated rings. The molecule has 2 aromatic carbocycles. The van der Waals surface area contributed by atoms with Crippen molar-refractivity contribution in [1.29, 1.82) is 0 Å². The highest BCUT2D eigenvalue weighted by Gasteiger charge is 2.25. The number of rotatable bonds is 28. The number of ether oxygens (including phenoxy) is 6. The number of nitrogens with zero attached hydrogens (tertiary/aromatic N) is 11. The van der Waals surface area contributed by atoms with Crippen LogP contribution in [0.1, 0.15) is 113 Å². The van der Waals surface area contributed by atoms with Crippen LogP contribution in [0.25, 0.3) is 44.5 Å². The first-order chi connectivity index (χ1) is 39.3. The van der Waals surface area contributed by atoms with Gasteiger partial charge in [-0.3, -0.25) is 38.5 Å². The van der Waals surface area contributed by atoms with Gasteiger partial charge in [-0.05, 0) is 105 Å². The lowest BCUT2D eigenvalue weighted by Gasteiger charge is -2.19. The predicted molar refractivity (Wildman–Crippen MR) is 304 cm³/mol. The van der Waals surface area contributed by atoms with Crippen molar-refractivity contribution in [3.63, 3.8) is 0 Å². The minimum atomic E-state index is -0.726. The number of aromatic nitrogens is 11. The molecule has 0 radical (unpaired) electrons. The summed E-state index contributed by atoms with van der Waals surface area (Å²) in [7, 11) is 0.